The summed E-state index contributed by atoms with van der Waals surface area (Å²) in [6.45, 7) is 1.39. The number of amides is 2. The Labute approximate surface area is 167 Å². The lowest BCUT2D eigenvalue weighted by atomic mass is 10.1. The molecule has 2 heterocycles. The molecule has 0 aliphatic carbocycles. The number of hydrogen-bond donors (Lipinski definition) is 1. The highest BCUT2D eigenvalue weighted by molar-refractivity contribution is 8.26. The van der Waals surface area contributed by atoms with E-state index in [1.165, 1.54) is 31.4 Å². The van der Waals surface area contributed by atoms with Crippen LogP contribution in [0.2, 0.25) is 0 Å². The van der Waals surface area contributed by atoms with Crippen LogP contribution in [0.5, 0.6) is 0 Å². The molecule has 0 saturated carbocycles. The predicted octanol–water partition coefficient (Wildman–Crippen LogP) is 4.53. The van der Waals surface area contributed by atoms with E-state index >= 15 is 0 Å². The smallest absolute Gasteiger partial charge is 0.418 e. The molecule has 1 aliphatic heterocycles. The third-order valence-corrected chi connectivity index (χ3v) is 5.23. The van der Waals surface area contributed by atoms with Gasteiger partial charge in [-0.2, -0.15) is 13.2 Å². The van der Waals surface area contributed by atoms with Crippen LogP contribution in [0.15, 0.2) is 52.0 Å². The van der Waals surface area contributed by atoms with Crippen molar-refractivity contribution in [3.05, 3.63) is 58.9 Å². The van der Waals surface area contributed by atoms with Gasteiger partial charge < -0.3 is 9.73 Å². The summed E-state index contributed by atoms with van der Waals surface area (Å²) in [5, 5.41) is 2.24. The maximum Gasteiger partial charge on any atom is 0.418 e. The van der Waals surface area contributed by atoms with Crippen LogP contribution in [-0.2, 0) is 15.8 Å². The Hall–Kier alpha value is -2.59. The summed E-state index contributed by atoms with van der Waals surface area (Å²) in [6.07, 6.45) is -1.69. The van der Waals surface area contributed by atoms with Gasteiger partial charge in [-0.15, -0.1) is 0 Å². The van der Waals surface area contributed by atoms with Gasteiger partial charge in [-0.25, -0.2) is 0 Å². The van der Waals surface area contributed by atoms with Crippen molar-refractivity contribution in [1.82, 2.24) is 4.90 Å². The number of alkyl halides is 3. The summed E-state index contributed by atoms with van der Waals surface area (Å²) in [7, 11) is 0. The van der Waals surface area contributed by atoms with Gasteiger partial charge in [0.15, 0.2) is 0 Å². The molecule has 1 N–H and O–H groups in total. The first-order valence-electron chi connectivity index (χ1n) is 7.96. The van der Waals surface area contributed by atoms with E-state index in [4.69, 9.17) is 16.6 Å². The summed E-state index contributed by atoms with van der Waals surface area (Å²) in [5.74, 6) is -0.859. The Morgan fingerprint density at radius 2 is 2.00 bits per heavy atom. The highest BCUT2D eigenvalue weighted by atomic mass is 32.2. The summed E-state index contributed by atoms with van der Waals surface area (Å²) < 4.78 is 44.6. The Morgan fingerprint density at radius 3 is 2.64 bits per heavy atom. The number of nitrogens with one attached hydrogen (secondary N) is 1. The fraction of sp³-hybridized carbons (Fsp3) is 0.167. The van der Waals surface area contributed by atoms with Crippen molar-refractivity contribution in [2.75, 3.05) is 5.32 Å². The van der Waals surface area contributed by atoms with E-state index in [1.807, 2.05) is 0 Å². The van der Waals surface area contributed by atoms with Gasteiger partial charge in [0.2, 0.25) is 5.91 Å². The molecule has 1 aromatic carbocycles. The minimum Gasteiger partial charge on any atom is -0.465 e. The zero-order chi connectivity index (χ0) is 20.5. The molecule has 1 unspecified atom stereocenters. The van der Waals surface area contributed by atoms with E-state index in [0.29, 0.717) is 5.76 Å². The molecule has 1 aromatic heterocycles. The van der Waals surface area contributed by atoms with Gasteiger partial charge in [0.05, 0.1) is 22.4 Å². The van der Waals surface area contributed by atoms with Crippen LogP contribution in [-0.4, -0.2) is 27.1 Å². The average Bonchev–Trinajstić information content (AvgIpc) is 3.22. The van der Waals surface area contributed by atoms with Crippen LogP contribution in [0, 0.1) is 0 Å². The van der Waals surface area contributed by atoms with E-state index in [9.17, 15) is 22.8 Å². The van der Waals surface area contributed by atoms with E-state index in [0.717, 1.165) is 28.8 Å². The molecule has 2 aromatic rings. The van der Waals surface area contributed by atoms with Gasteiger partial charge in [0.25, 0.3) is 5.91 Å². The molecule has 2 amide bonds. The van der Waals surface area contributed by atoms with Crippen molar-refractivity contribution in [3.8, 4) is 0 Å². The number of benzene rings is 1. The van der Waals surface area contributed by atoms with E-state index in [1.54, 1.807) is 12.1 Å². The number of hydrogen-bond acceptors (Lipinski definition) is 5. The first-order valence-corrected chi connectivity index (χ1v) is 9.18. The Balaban J connectivity index is 1.79. The zero-order valence-corrected chi connectivity index (χ0v) is 16.0. The van der Waals surface area contributed by atoms with Crippen molar-refractivity contribution < 1.29 is 27.2 Å². The topological polar surface area (TPSA) is 62.6 Å². The van der Waals surface area contributed by atoms with Crippen LogP contribution in [0.25, 0.3) is 6.08 Å². The third kappa shape index (κ3) is 4.12. The number of thiocarbonyl (C=S) groups is 1. The number of thioether (sulfide) groups is 1. The van der Waals surface area contributed by atoms with Crippen LogP contribution < -0.4 is 5.32 Å². The fourth-order valence-corrected chi connectivity index (χ4v) is 3.91. The molecule has 146 valence electrons. The summed E-state index contributed by atoms with van der Waals surface area (Å²) in [5.41, 5.74) is -1.36. The summed E-state index contributed by atoms with van der Waals surface area (Å²) in [6, 6.07) is 6.82. The van der Waals surface area contributed by atoms with Crippen molar-refractivity contribution in [1.29, 1.82) is 0 Å². The van der Waals surface area contributed by atoms with Gasteiger partial charge in [-0.1, -0.05) is 36.1 Å². The maximum atomic E-state index is 13.1. The zero-order valence-electron chi connectivity index (χ0n) is 14.3. The number of furan rings is 1. The van der Waals surface area contributed by atoms with Gasteiger partial charge in [0.1, 0.15) is 16.1 Å². The number of carbonyl (C=O) groups is 2. The van der Waals surface area contributed by atoms with E-state index in [-0.39, 0.29) is 14.9 Å². The number of rotatable bonds is 4. The lowest BCUT2D eigenvalue weighted by Gasteiger charge is -2.23. The van der Waals surface area contributed by atoms with Crippen molar-refractivity contribution in [3.63, 3.8) is 0 Å². The van der Waals surface area contributed by atoms with Gasteiger partial charge in [0, 0.05) is 6.08 Å². The Kier molecular flexibility index (Phi) is 5.61. The highest BCUT2D eigenvalue weighted by Crippen LogP contribution is 2.36. The molecule has 3 rings (SSSR count). The number of halogens is 3. The van der Waals surface area contributed by atoms with Crippen LogP contribution in [0.4, 0.5) is 18.9 Å². The molecule has 0 radical (unpaired) electrons. The maximum absolute atomic E-state index is 13.1. The standard InChI is InChI=1S/C18H13F3N2O3S2/c1-10(15(24)22-13-7-3-2-6-12(13)18(19,20)21)23-16(25)14(28-17(23)27)9-11-5-4-8-26-11/h2-10H,1H3,(H,22,24)/b14-9-. The predicted molar refractivity (Wildman–Crippen MR) is 103 cm³/mol. The second-order valence-electron chi connectivity index (χ2n) is 5.78. The van der Waals surface area contributed by atoms with E-state index in [2.05, 4.69) is 5.32 Å². The Bertz CT molecular complexity index is 955. The third-order valence-electron chi connectivity index (χ3n) is 3.90. The molecule has 1 saturated heterocycles. The van der Waals surface area contributed by atoms with Gasteiger partial charge in [-0.3, -0.25) is 14.5 Å². The normalized spacial score (nSPS) is 17.3. The lowest BCUT2D eigenvalue weighted by molar-refractivity contribution is -0.137. The molecule has 0 bridgehead atoms. The molecule has 5 nitrogen and oxygen atoms in total. The SMILES string of the molecule is CC(C(=O)Nc1ccccc1C(F)(F)F)N1C(=O)/C(=C/c2ccco2)SC1=S. The summed E-state index contributed by atoms with van der Waals surface area (Å²) >= 11 is 6.16. The van der Waals surface area contributed by atoms with Crippen LogP contribution in [0.3, 0.4) is 0 Å². The van der Waals surface area contributed by atoms with Gasteiger partial charge >= 0.3 is 6.18 Å². The second-order valence-corrected chi connectivity index (χ2v) is 7.45. The quantitative estimate of drug-likeness (QED) is 0.575. The first-order chi connectivity index (χ1) is 13.2. The number of nitrogens with zero attached hydrogens (tertiary/aromatic N) is 1. The lowest BCUT2D eigenvalue weighted by Crippen LogP contribution is -2.44. The van der Waals surface area contributed by atoms with Crippen LogP contribution >= 0.6 is 24.0 Å². The molecular formula is C18H13F3N2O3S2. The molecule has 1 aliphatic rings. The number of anilines is 1. The van der Waals surface area contributed by atoms with Gasteiger partial charge in [-0.05, 0) is 31.2 Å². The number of carbonyl (C=O) groups excluding carboxylic acids is 2. The van der Waals surface area contributed by atoms with Crippen molar-refractivity contribution in [2.24, 2.45) is 0 Å². The van der Waals surface area contributed by atoms with Crippen LogP contribution in [0.1, 0.15) is 18.2 Å². The molecule has 0 spiro atoms. The van der Waals surface area contributed by atoms with E-state index < -0.39 is 29.6 Å². The fourth-order valence-electron chi connectivity index (χ4n) is 2.51. The van der Waals surface area contributed by atoms with Crippen molar-refractivity contribution >= 4 is 51.9 Å². The minimum atomic E-state index is -4.62. The minimum absolute atomic E-state index is 0.134. The molecule has 1 atom stereocenters. The van der Waals surface area contributed by atoms with Crippen molar-refractivity contribution in [2.45, 2.75) is 19.1 Å². The summed E-state index contributed by atoms with van der Waals surface area (Å²) in [4.78, 5) is 26.5. The monoisotopic (exact) mass is 426 g/mol. The molecule has 10 heteroatoms. The average molecular weight is 426 g/mol. The second kappa shape index (κ2) is 7.80. The highest BCUT2D eigenvalue weighted by Gasteiger charge is 2.39. The molecule has 28 heavy (non-hydrogen) atoms. The largest absolute Gasteiger partial charge is 0.465 e. The first kappa shape index (κ1) is 20.2. The Morgan fingerprint density at radius 1 is 1.29 bits per heavy atom. The molecular weight excluding hydrogens is 413 g/mol. The molecule has 1 fully saturated rings. The number of para-hydroxylation sites is 1.